The summed E-state index contributed by atoms with van der Waals surface area (Å²) in [7, 11) is -2.29. The number of hydrogen-bond donors (Lipinski definition) is 1. The molecule has 0 aliphatic rings. The maximum Gasteiger partial charge on any atom is 0.306 e. The molecule has 0 saturated heterocycles. The molecule has 0 radical (unpaired) electrons. The van der Waals surface area contributed by atoms with E-state index in [1.165, 1.54) is 6.92 Å². The summed E-state index contributed by atoms with van der Waals surface area (Å²) >= 11 is 0. The number of nitro groups is 1. The second-order valence-corrected chi connectivity index (χ2v) is 8.11. The zero-order chi connectivity index (χ0) is 21.2. The number of benzene rings is 2. The minimum Gasteiger partial charge on any atom is -0.314 e. The number of rotatable bonds is 7. The summed E-state index contributed by atoms with van der Waals surface area (Å²) in [4.78, 5) is 9.62. The Morgan fingerprint density at radius 1 is 1.21 bits per heavy atom. The summed E-state index contributed by atoms with van der Waals surface area (Å²) in [6, 6.07) is 11.2. The van der Waals surface area contributed by atoms with Crippen molar-refractivity contribution in [1.82, 2.24) is 19.5 Å². The summed E-state index contributed by atoms with van der Waals surface area (Å²) in [6.45, 7) is 1.26. The SMILES string of the molecule is Cc1cc(S(=O)(=O)NCCc2nnc(-c3ccccc3)n2C)cc([N+](=O)[O-])c1F. The van der Waals surface area contributed by atoms with Gasteiger partial charge in [-0.05, 0) is 18.6 Å². The lowest BCUT2D eigenvalue weighted by Gasteiger charge is -2.08. The van der Waals surface area contributed by atoms with Crippen LogP contribution in [0, 0.1) is 22.9 Å². The van der Waals surface area contributed by atoms with Crippen LogP contribution < -0.4 is 4.72 Å². The number of aromatic nitrogens is 3. The van der Waals surface area contributed by atoms with E-state index >= 15 is 0 Å². The average molecular weight is 419 g/mol. The van der Waals surface area contributed by atoms with Crippen molar-refractivity contribution in [2.75, 3.05) is 6.54 Å². The van der Waals surface area contributed by atoms with Crippen LogP contribution in [-0.4, -0.2) is 34.7 Å². The van der Waals surface area contributed by atoms with E-state index in [1.54, 1.807) is 11.6 Å². The third-order valence-corrected chi connectivity index (χ3v) is 5.79. The van der Waals surface area contributed by atoms with Crippen molar-refractivity contribution in [3.8, 4) is 11.4 Å². The minimum absolute atomic E-state index is 0.00663. The zero-order valence-corrected chi connectivity index (χ0v) is 16.5. The molecule has 9 nitrogen and oxygen atoms in total. The summed E-state index contributed by atoms with van der Waals surface area (Å²) in [6.07, 6.45) is 0.248. The molecule has 3 rings (SSSR count). The van der Waals surface area contributed by atoms with Gasteiger partial charge in [0.05, 0.1) is 9.82 Å². The molecule has 1 heterocycles. The van der Waals surface area contributed by atoms with E-state index in [2.05, 4.69) is 14.9 Å². The predicted molar refractivity (Wildman–Crippen MR) is 103 cm³/mol. The number of nitro benzene ring substituents is 1. The number of halogens is 1. The lowest BCUT2D eigenvalue weighted by Crippen LogP contribution is -2.27. The van der Waals surface area contributed by atoms with Crippen LogP contribution in [0.5, 0.6) is 0 Å². The Bertz CT molecular complexity index is 1160. The Balaban J connectivity index is 1.74. The fourth-order valence-corrected chi connectivity index (χ4v) is 3.94. The van der Waals surface area contributed by atoms with Crippen LogP contribution in [-0.2, 0) is 23.5 Å². The first-order chi connectivity index (χ1) is 13.7. The first-order valence-corrected chi connectivity index (χ1v) is 10.1. The highest BCUT2D eigenvalue weighted by Crippen LogP contribution is 2.25. The molecule has 0 amide bonds. The van der Waals surface area contributed by atoms with E-state index in [9.17, 15) is 22.9 Å². The summed E-state index contributed by atoms with van der Waals surface area (Å²) in [5.74, 6) is 0.155. The van der Waals surface area contributed by atoms with Crippen LogP contribution in [0.4, 0.5) is 10.1 Å². The van der Waals surface area contributed by atoms with E-state index in [1.807, 2.05) is 30.3 Å². The van der Waals surface area contributed by atoms with Crippen molar-refractivity contribution in [3.63, 3.8) is 0 Å². The molecule has 0 aliphatic carbocycles. The van der Waals surface area contributed by atoms with Crippen molar-refractivity contribution < 1.29 is 17.7 Å². The number of nitrogens with one attached hydrogen (secondary N) is 1. The Kier molecular flexibility index (Phi) is 5.71. The highest BCUT2D eigenvalue weighted by Gasteiger charge is 2.24. The van der Waals surface area contributed by atoms with Gasteiger partial charge < -0.3 is 4.57 Å². The average Bonchev–Trinajstić information content (AvgIpc) is 3.04. The number of sulfonamides is 1. The molecular weight excluding hydrogens is 401 g/mol. The molecule has 0 fully saturated rings. The molecule has 1 aromatic heterocycles. The molecule has 0 unspecified atom stereocenters. The second kappa shape index (κ2) is 8.05. The molecule has 2 aromatic carbocycles. The number of aryl methyl sites for hydroxylation is 1. The van der Waals surface area contributed by atoms with Crippen LogP contribution in [0.3, 0.4) is 0 Å². The standard InChI is InChI=1S/C18H18FN5O4S/c1-12-10-14(11-15(17(12)19)24(25)26)29(27,28)20-9-8-16-21-22-18(23(16)2)13-6-4-3-5-7-13/h3-7,10-11,20H,8-9H2,1-2H3. The summed E-state index contributed by atoms with van der Waals surface area (Å²) < 4.78 is 42.9. The van der Waals surface area contributed by atoms with Gasteiger partial charge in [-0.25, -0.2) is 13.1 Å². The van der Waals surface area contributed by atoms with Gasteiger partial charge in [-0.1, -0.05) is 30.3 Å². The fourth-order valence-electron chi connectivity index (χ4n) is 2.80. The van der Waals surface area contributed by atoms with Gasteiger partial charge in [0.2, 0.25) is 15.8 Å². The van der Waals surface area contributed by atoms with Gasteiger partial charge in [-0.15, -0.1) is 10.2 Å². The highest BCUT2D eigenvalue weighted by molar-refractivity contribution is 7.89. The van der Waals surface area contributed by atoms with E-state index in [0.29, 0.717) is 17.7 Å². The van der Waals surface area contributed by atoms with Crippen molar-refractivity contribution >= 4 is 15.7 Å². The van der Waals surface area contributed by atoms with E-state index in [-0.39, 0.29) is 23.4 Å². The van der Waals surface area contributed by atoms with Crippen LogP contribution in [0.25, 0.3) is 11.4 Å². The zero-order valence-electron chi connectivity index (χ0n) is 15.7. The Labute approximate surface area is 166 Å². The van der Waals surface area contributed by atoms with Gasteiger partial charge >= 0.3 is 5.69 Å². The second-order valence-electron chi connectivity index (χ2n) is 6.34. The third-order valence-electron chi connectivity index (χ3n) is 4.35. The lowest BCUT2D eigenvalue weighted by molar-refractivity contribution is -0.387. The number of nitrogens with zero attached hydrogens (tertiary/aromatic N) is 4. The highest BCUT2D eigenvalue weighted by atomic mass is 32.2. The molecule has 29 heavy (non-hydrogen) atoms. The smallest absolute Gasteiger partial charge is 0.306 e. The van der Waals surface area contributed by atoms with Gasteiger partial charge in [0.1, 0.15) is 5.82 Å². The monoisotopic (exact) mass is 419 g/mol. The molecule has 11 heteroatoms. The number of hydrogen-bond acceptors (Lipinski definition) is 6. The topological polar surface area (TPSA) is 120 Å². The van der Waals surface area contributed by atoms with E-state index in [4.69, 9.17) is 0 Å². The molecule has 3 aromatic rings. The maximum absolute atomic E-state index is 13.8. The van der Waals surface area contributed by atoms with Gasteiger partial charge in [0, 0.05) is 31.6 Å². The normalized spacial score (nSPS) is 11.6. The summed E-state index contributed by atoms with van der Waals surface area (Å²) in [5.41, 5.74) is -0.130. The molecule has 152 valence electrons. The van der Waals surface area contributed by atoms with Crippen molar-refractivity contribution in [1.29, 1.82) is 0 Å². The quantitative estimate of drug-likeness (QED) is 0.464. The summed E-state index contributed by atoms with van der Waals surface area (Å²) in [5, 5.41) is 19.2. The molecule has 1 N–H and O–H groups in total. The lowest BCUT2D eigenvalue weighted by atomic mass is 10.2. The van der Waals surface area contributed by atoms with Crippen LogP contribution in [0.1, 0.15) is 11.4 Å². The molecule has 0 saturated carbocycles. The van der Waals surface area contributed by atoms with Gasteiger partial charge in [-0.2, -0.15) is 4.39 Å². The molecule has 0 atom stereocenters. The van der Waals surface area contributed by atoms with Crippen LogP contribution in [0.2, 0.25) is 0 Å². The molecule has 0 aliphatic heterocycles. The maximum atomic E-state index is 13.8. The van der Waals surface area contributed by atoms with E-state index in [0.717, 1.165) is 11.6 Å². The van der Waals surface area contributed by atoms with Crippen LogP contribution >= 0.6 is 0 Å². The van der Waals surface area contributed by atoms with Crippen molar-refractivity contribution in [2.24, 2.45) is 7.05 Å². The Morgan fingerprint density at radius 2 is 1.90 bits per heavy atom. The first kappa shape index (κ1) is 20.6. The molecular formula is C18H18FN5O4S. The fraction of sp³-hybridized carbons (Fsp3) is 0.222. The third kappa shape index (κ3) is 4.30. The largest absolute Gasteiger partial charge is 0.314 e. The molecule has 0 bridgehead atoms. The van der Waals surface area contributed by atoms with Crippen LogP contribution in [0.15, 0.2) is 47.4 Å². The van der Waals surface area contributed by atoms with Crippen molar-refractivity contribution in [2.45, 2.75) is 18.2 Å². The molecule has 0 spiro atoms. The van der Waals surface area contributed by atoms with E-state index < -0.39 is 26.5 Å². The Hall–Kier alpha value is -3.18. The van der Waals surface area contributed by atoms with Gasteiger partial charge in [-0.3, -0.25) is 10.1 Å². The predicted octanol–water partition coefficient (Wildman–Crippen LogP) is 2.36. The van der Waals surface area contributed by atoms with Crippen molar-refractivity contribution in [3.05, 3.63) is 69.8 Å². The minimum atomic E-state index is -4.06. The Morgan fingerprint density at radius 3 is 2.55 bits per heavy atom. The van der Waals surface area contributed by atoms with Gasteiger partial charge in [0.25, 0.3) is 0 Å². The first-order valence-electron chi connectivity index (χ1n) is 8.58. The van der Waals surface area contributed by atoms with Gasteiger partial charge in [0.15, 0.2) is 5.82 Å².